The molecule has 0 spiro atoms. The molecule has 1 aliphatic carbocycles. The highest BCUT2D eigenvalue weighted by Gasteiger charge is 2.29. The molecule has 1 amide bonds. The topological polar surface area (TPSA) is 20.3 Å². The van der Waals surface area contributed by atoms with E-state index in [0.717, 1.165) is 24.0 Å². The summed E-state index contributed by atoms with van der Waals surface area (Å²) in [7, 11) is 0. The number of amides is 1. The van der Waals surface area contributed by atoms with Crippen LogP contribution in [0.1, 0.15) is 40.7 Å². The first-order chi connectivity index (χ1) is 8.63. The summed E-state index contributed by atoms with van der Waals surface area (Å²) < 4.78 is 0. The molecule has 2 nitrogen and oxygen atoms in total. The molecule has 0 aromatic heterocycles. The SMILES string of the molecule is Cc1ccc(C(=O)N(CCCl)C2CCC2)c(C)c1. The van der Waals surface area contributed by atoms with Crippen molar-refractivity contribution < 1.29 is 4.79 Å². The third-order valence-corrected chi connectivity index (χ3v) is 3.88. The molecule has 3 heteroatoms. The van der Waals surface area contributed by atoms with E-state index in [-0.39, 0.29) is 5.91 Å². The number of carbonyl (C=O) groups is 1. The summed E-state index contributed by atoms with van der Waals surface area (Å²) >= 11 is 5.82. The van der Waals surface area contributed by atoms with Crippen molar-refractivity contribution in [3.05, 3.63) is 34.9 Å². The van der Waals surface area contributed by atoms with Crippen LogP contribution in [0.5, 0.6) is 0 Å². The number of hydrogen-bond acceptors (Lipinski definition) is 1. The molecule has 0 unspecified atom stereocenters. The Bertz CT molecular complexity index is 440. The highest BCUT2D eigenvalue weighted by Crippen LogP contribution is 2.27. The molecule has 1 fully saturated rings. The minimum absolute atomic E-state index is 0.137. The molecule has 0 saturated heterocycles. The molecule has 18 heavy (non-hydrogen) atoms. The minimum atomic E-state index is 0.137. The van der Waals surface area contributed by atoms with Crippen molar-refractivity contribution in [1.29, 1.82) is 0 Å². The Morgan fingerprint density at radius 3 is 2.61 bits per heavy atom. The second-order valence-corrected chi connectivity index (χ2v) is 5.47. The molecule has 1 aliphatic rings. The number of nitrogens with zero attached hydrogens (tertiary/aromatic N) is 1. The first kappa shape index (κ1) is 13.4. The van der Waals surface area contributed by atoms with E-state index in [1.807, 2.05) is 30.9 Å². The van der Waals surface area contributed by atoms with E-state index in [4.69, 9.17) is 11.6 Å². The third-order valence-electron chi connectivity index (χ3n) is 3.71. The lowest BCUT2D eigenvalue weighted by atomic mass is 9.90. The van der Waals surface area contributed by atoms with Gasteiger partial charge in [-0.15, -0.1) is 11.6 Å². The molecular weight excluding hydrogens is 246 g/mol. The average Bonchev–Trinajstić information content (AvgIpc) is 2.25. The van der Waals surface area contributed by atoms with Gasteiger partial charge in [-0.25, -0.2) is 0 Å². The second kappa shape index (κ2) is 5.75. The number of alkyl halides is 1. The van der Waals surface area contributed by atoms with Crippen LogP contribution in [-0.2, 0) is 0 Å². The molecule has 0 N–H and O–H groups in total. The molecule has 0 aliphatic heterocycles. The summed E-state index contributed by atoms with van der Waals surface area (Å²) in [5.41, 5.74) is 3.06. The van der Waals surface area contributed by atoms with Gasteiger partial charge in [0.15, 0.2) is 0 Å². The average molecular weight is 266 g/mol. The fourth-order valence-electron chi connectivity index (χ4n) is 2.45. The van der Waals surface area contributed by atoms with E-state index in [9.17, 15) is 4.79 Å². The molecule has 0 radical (unpaired) electrons. The summed E-state index contributed by atoms with van der Waals surface area (Å²) in [5.74, 6) is 0.644. The number of rotatable bonds is 4. The first-order valence-electron chi connectivity index (χ1n) is 6.57. The van der Waals surface area contributed by atoms with Gasteiger partial charge in [0.05, 0.1) is 0 Å². The molecule has 2 rings (SSSR count). The van der Waals surface area contributed by atoms with Crippen LogP contribution in [0.3, 0.4) is 0 Å². The van der Waals surface area contributed by atoms with Gasteiger partial charge in [-0.05, 0) is 44.7 Å². The molecule has 0 bridgehead atoms. The Hall–Kier alpha value is -1.02. The van der Waals surface area contributed by atoms with Crippen LogP contribution in [0.4, 0.5) is 0 Å². The van der Waals surface area contributed by atoms with Crippen molar-refractivity contribution in [2.24, 2.45) is 0 Å². The largest absolute Gasteiger partial charge is 0.334 e. The van der Waals surface area contributed by atoms with Gasteiger partial charge in [-0.3, -0.25) is 4.79 Å². The number of carbonyl (C=O) groups excluding carboxylic acids is 1. The first-order valence-corrected chi connectivity index (χ1v) is 7.11. The Morgan fingerprint density at radius 1 is 1.39 bits per heavy atom. The van der Waals surface area contributed by atoms with E-state index >= 15 is 0 Å². The zero-order valence-corrected chi connectivity index (χ0v) is 11.8. The lowest BCUT2D eigenvalue weighted by Crippen LogP contribution is -2.45. The Kier molecular flexibility index (Phi) is 4.28. The van der Waals surface area contributed by atoms with Crippen LogP contribution < -0.4 is 0 Å². The predicted molar refractivity (Wildman–Crippen MR) is 75.3 cm³/mol. The van der Waals surface area contributed by atoms with E-state index < -0.39 is 0 Å². The van der Waals surface area contributed by atoms with Crippen LogP contribution in [0.2, 0.25) is 0 Å². The Balaban J connectivity index is 2.21. The summed E-state index contributed by atoms with van der Waals surface area (Å²) in [6.07, 6.45) is 3.46. The minimum Gasteiger partial charge on any atom is -0.334 e. The summed E-state index contributed by atoms with van der Waals surface area (Å²) in [5, 5.41) is 0. The Morgan fingerprint density at radius 2 is 2.11 bits per heavy atom. The van der Waals surface area contributed by atoms with E-state index in [2.05, 4.69) is 6.07 Å². The standard InChI is InChI=1S/C15H20ClNO/c1-11-6-7-14(12(2)10-11)15(18)17(9-8-16)13-4-3-5-13/h6-7,10,13H,3-5,8-9H2,1-2H3. The van der Waals surface area contributed by atoms with Crippen LogP contribution in [0, 0.1) is 13.8 Å². The van der Waals surface area contributed by atoms with Crippen LogP contribution in [0.25, 0.3) is 0 Å². The van der Waals surface area contributed by atoms with Crippen LogP contribution in [-0.4, -0.2) is 29.3 Å². The lowest BCUT2D eigenvalue weighted by Gasteiger charge is -2.37. The van der Waals surface area contributed by atoms with Gasteiger partial charge in [0.2, 0.25) is 0 Å². The number of hydrogen-bond donors (Lipinski definition) is 0. The van der Waals surface area contributed by atoms with E-state index in [1.54, 1.807) is 0 Å². The summed E-state index contributed by atoms with van der Waals surface area (Å²) in [6.45, 7) is 4.70. The smallest absolute Gasteiger partial charge is 0.254 e. The molecule has 1 aromatic rings. The van der Waals surface area contributed by atoms with Crippen molar-refractivity contribution >= 4 is 17.5 Å². The van der Waals surface area contributed by atoms with Crippen molar-refractivity contribution in [2.45, 2.75) is 39.2 Å². The monoisotopic (exact) mass is 265 g/mol. The highest BCUT2D eigenvalue weighted by atomic mass is 35.5. The maximum atomic E-state index is 12.6. The van der Waals surface area contributed by atoms with Gasteiger partial charge in [-0.1, -0.05) is 17.7 Å². The van der Waals surface area contributed by atoms with Crippen molar-refractivity contribution in [3.8, 4) is 0 Å². The van der Waals surface area contributed by atoms with Gasteiger partial charge < -0.3 is 4.90 Å². The second-order valence-electron chi connectivity index (χ2n) is 5.09. The highest BCUT2D eigenvalue weighted by molar-refractivity contribution is 6.18. The van der Waals surface area contributed by atoms with Gasteiger partial charge in [0.1, 0.15) is 0 Å². The number of aryl methyl sites for hydroxylation is 2. The molecular formula is C15H20ClNO. The van der Waals surface area contributed by atoms with Crippen molar-refractivity contribution in [2.75, 3.05) is 12.4 Å². The van der Waals surface area contributed by atoms with Crippen LogP contribution >= 0.6 is 11.6 Å². The fourth-order valence-corrected chi connectivity index (χ4v) is 2.63. The maximum Gasteiger partial charge on any atom is 0.254 e. The van der Waals surface area contributed by atoms with Gasteiger partial charge in [0.25, 0.3) is 5.91 Å². The number of benzene rings is 1. The van der Waals surface area contributed by atoms with Crippen molar-refractivity contribution in [3.63, 3.8) is 0 Å². The predicted octanol–water partition coefficient (Wildman–Crippen LogP) is 3.54. The van der Waals surface area contributed by atoms with E-state index in [1.165, 1.54) is 12.0 Å². The molecule has 1 saturated carbocycles. The zero-order valence-electron chi connectivity index (χ0n) is 11.1. The van der Waals surface area contributed by atoms with Crippen molar-refractivity contribution in [1.82, 2.24) is 4.90 Å². The Labute approximate surface area is 114 Å². The van der Waals surface area contributed by atoms with Gasteiger partial charge in [0, 0.05) is 24.0 Å². The lowest BCUT2D eigenvalue weighted by molar-refractivity contribution is 0.0597. The molecule has 0 atom stereocenters. The summed E-state index contributed by atoms with van der Waals surface area (Å²) in [4.78, 5) is 14.5. The quantitative estimate of drug-likeness (QED) is 0.763. The van der Waals surface area contributed by atoms with E-state index in [0.29, 0.717) is 18.5 Å². The number of halogens is 1. The molecule has 98 valence electrons. The van der Waals surface area contributed by atoms with Gasteiger partial charge in [-0.2, -0.15) is 0 Å². The zero-order chi connectivity index (χ0) is 13.1. The summed E-state index contributed by atoms with van der Waals surface area (Å²) in [6, 6.07) is 6.40. The third kappa shape index (κ3) is 2.69. The molecule has 1 aromatic carbocycles. The normalized spacial score (nSPS) is 15.3. The van der Waals surface area contributed by atoms with Crippen LogP contribution in [0.15, 0.2) is 18.2 Å². The maximum absolute atomic E-state index is 12.6. The fraction of sp³-hybridized carbons (Fsp3) is 0.533. The van der Waals surface area contributed by atoms with Gasteiger partial charge >= 0.3 is 0 Å². The molecule has 0 heterocycles.